The van der Waals surface area contributed by atoms with E-state index >= 15 is 0 Å². The number of nitro groups is 1. The Labute approximate surface area is 93.7 Å². The van der Waals surface area contributed by atoms with Crippen LogP contribution in [0.4, 0.5) is 5.69 Å². The van der Waals surface area contributed by atoms with Crippen LogP contribution in [0.5, 0.6) is 0 Å². The Bertz CT molecular complexity index is 390. The summed E-state index contributed by atoms with van der Waals surface area (Å²) in [5.74, 6) is -0.514. The van der Waals surface area contributed by atoms with Gasteiger partial charge in [0, 0.05) is 12.4 Å². The van der Waals surface area contributed by atoms with Crippen molar-refractivity contribution in [2.24, 2.45) is 0 Å². The lowest BCUT2D eigenvalue weighted by molar-refractivity contribution is -0.385. The molecule has 0 fully saturated rings. The zero-order valence-electron chi connectivity index (χ0n) is 7.94. The second-order valence-electron chi connectivity index (χ2n) is 2.63. The summed E-state index contributed by atoms with van der Waals surface area (Å²) in [5, 5.41) is 17.3. The fraction of sp³-hybridized carbons (Fsp3) is 0.429. The van der Waals surface area contributed by atoms with Gasteiger partial charge < -0.3 is 5.32 Å². The summed E-state index contributed by atoms with van der Waals surface area (Å²) < 4.78 is 1.30. The van der Waals surface area contributed by atoms with Crippen molar-refractivity contribution in [2.75, 3.05) is 12.4 Å². The first-order chi connectivity index (χ1) is 7.11. The van der Waals surface area contributed by atoms with Gasteiger partial charge in [-0.1, -0.05) is 15.9 Å². The van der Waals surface area contributed by atoms with E-state index in [-0.39, 0.29) is 11.4 Å². The zero-order valence-corrected chi connectivity index (χ0v) is 9.52. The molecule has 1 N–H and O–H groups in total. The van der Waals surface area contributed by atoms with E-state index in [2.05, 4.69) is 26.3 Å². The second-order valence-corrected chi connectivity index (χ2v) is 3.42. The van der Waals surface area contributed by atoms with Crippen LogP contribution in [0, 0.1) is 10.1 Å². The molecule has 0 aliphatic rings. The van der Waals surface area contributed by atoms with Crippen LogP contribution in [0.1, 0.15) is 10.5 Å². The first-order valence-electron chi connectivity index (χ1n) is 4.10. The Balaban J connectivity index is 3.19. The van der Waals surface area contributed by atoms with Crippen LogP contribution < -0.4 is 5.32 Å². The van der Waals surface area contributed by atoms with E-state index in [0.29, 0.717) is 11.9 Å². The van der Waals surface area contributed by atoms with Crippen molar-refractivity contribution >= 4 is 27.5 Å². The SMILES string of the molecule is CNC(=O)c1c([N+](=O)[O-])cnn1CCBr. The number of aryl methyl sites for hydroxylation is 1. The van der Waals surface area contributed by atoms with Crippen molar-refractivity contribution in [2.45, 2.75) is 6.54 Å². The average molecular weight is 277 g/mol. The Kier molecular flexibility index (Phi) is 3.78. The van der Waals surface area contributed by atoms with E-state index in [1.165, 1.54) is 11.7 Å². The number of alkyl halides is 1. The van der Waals surface area contributed by atoms with Crippen LogP contribution in [0.15, 0.2) is 6.20 Å². The molecule has 0 radical (unpaired) electrons. The Hall–Kier alpha value is -1.44. The molecule has 0 spiro atoms. The number of halogens is 1. The van der Waals surface area contributed by atoms with Crippen molar-refractivity contribution in [3.8, 4) is 0 Å². The molecular weight excluding hydrogens is 268 g/mol. The number of aromatic nitrogens is 2. The van der Waals surface area contributed by atoms with Gasteiger partial charge in [-0.05, 0) is 0 Å². The number of hydrogen-bond donors (Lipinski definition) is 1. The van der Waals surface area contributed by atoms with Crippen LogP contribution in [-0.4, -0.2) is 33.0 Å². The van der Waals surface area contributed by atoms with Crippen LogP contribution in [0.3, 0.4) is 0 Å². The second kappa shape index (κ2) is 4.87. The molecule has 0 saturated heterocycles. The highest BCUT2D eigenvalue weighted by molar-refractivity contribution is 9.09. The number of rotatable bonds is 4. The van der Waals surface area contributed by atoms with E-state index in [1.54, 1.807) is 0 Å². The van der Waals surface area contributed by atoms with Crippen molar-refractivity contribution in [1.29, 1.82) is 0 Å². The van der Waals surface area contributed by atoms with Crippen molar-refractivity contribution in [3.63, 3.8) is 0 Å². The minimum absolute atomic E-state index is 0.0260. The van der Waals surface area contributed by atoms with Gasteiger partial charge in [0.05, 0.1) is 11.5 Å². The van der Waals surface area contributed by atoms with Gasteiger partial charge in [-0.15, -0.1) is 0 Å². The average Bonchev–Trinajstić information content (AvgIpc) is 2.61. The molecule has 8 heteroatoms. The fourth-order valence-corrected chi connectivity index (χ4v) is 1.45. The van der Waals surface area contributed by atoms with Gasteiger partial charge in [0.25, 0.3) is 5.91 Å². The summed E-state index contributed by atoms with van der Waals surface area (Å²) in [4.78, 5) is 21.4. The lowest BCUT2D eigenvalue weighted by Crippen LogP contribution is -2.23. The maximum absolute atomic E-state index is 11.4. The Morgan fingerprint density at radius 3 is 2.93 bits per heavy atom. The number of hydrogen-bond acceptors (Lipinski definition) is 4. The van der Waals surface area contributed by atoms with Gasteiger partial charge in [0.2, 0.25) is 5.69 Å². The minimum Gasteiger partial charge on any atom is -0.354 e. The molecule has 0 unspecified atom stereocenters. The Morgan fingerprint density at radius 2 is 2.47 bits per heavy atom. The summed E-state index contributed by atoms with van der Waals surface area (Å²) in [7, 11) is 1.41. The quantitative estimate of drug-likeness (QED) is 0.494. The normalized spacial score (nSPS) is 10.0. The molecule has 15 heavy (non-hydrogen) atoms. The molecule has 0 saturated carbocycles. The molecule has 0 bridgehead atoms. The third-order valence-corrected chi connectivity index (χ3v) is 2.11. The number of nitrogens with zero attached hydrogens (tertiary/aromatic N) is 3. The predicted octanol–water partition coefficient (Wildman–Crippen LogP) is 0.546. The van der Waals surface area contributed by atoms with E-state index < -0.39 is 10.8 Å². The van der Waals surface area contributed by atoms with Crippen LogP contribution in [0.25, 0.3) is 0 Å². The maximum Gasteiger partial charge on any atom is 0.320 e. The zero-order chi connectivity index (χ0) is 11.4. The molecule has 1 heterocycles. The van der Waals surface area contributed by atoms with Crippen LogP contribution in [-0.2, 0) is 6.54 Å². The van der Waals surface area contributed by atoms with Gasteiger partial charge in [-0.2, -0.15) is 5.10 Å². The summed E-state index contributed by atoms with van der Waals surface area (Å²) in [6, 6.07) is 0. The Morgan fingerprint density at radius 1 is 1.80 bits per heavy atom. The molecule has 82 valence electrons. The molecule has 1 amide bonds. The fourth-order valence-electron chi connectivity index (χ4n) is 1.11. The highest BCUT2D eigenvalue weighted by Crippen LogP contribution is 2.17. The third kappa shape index (κ3) is 2.32. The van der Waals surface area contributed by atoms with Gasteiger partial charge in [0.15, 0.2) is 0 Å². The smallest absolute Gasteiger partial charge is 0.320 e. The standard InChI is InChI=1S/C7H9BrN4O3/c1-9-7(13)6-5(12(14)15)4-10-11(6)3-2-8/h4H,2-3H2,1H3,(H,9,13). The van der Waals surface area contributed by atoms with Gasteiger partial charge in [-0.3, -0.25) is 19.6 Å². The molecule has 0 atom stereocenters. The summed E-state index contributed by atoms with van der Waals surface area (Å²) in [5.41, 5.74) is -0.308. The van der Waals surface area contributed by atoms with E-state index in [9.17, 15) is 14.9 Å². The molecule has 0 aliphatic carbocycles. The molecule has 1 rings (SSSR count). The van der Waals surface area contributed by atoms with Crippen LogP contribution >= 0.6 is 15.9 Å². The van der Waals surface area contributed by atoms with Gasteiger partial charge in [0.1, 0.15) is 6.20 Å². The number of carbonyl (C=O) groups is 1. The first kappa shape index (κ1) is 11.6. The lowest BCUT2D eigenvalue weighted by atomic mass is 10.3. The number of amides is 1. The van der Waals surface area contributed by atoms with Crippen LogP contribution in [0.2, 0.25) is 0 Å². The van der Waals surface area contributed by atoms with Crippen molar-refractivity contribution in [3.05, 3.63) is 22.0 Å². The van der Waals surface area contributed by atoms with E-state index in [0.717, 1.165) is 6.20 Å². The molecule has 0 aliphatic heterocycles. The number of nitrogens with one attached hydrogen (secondary N) is 1. The summed E-state index contributed by atoms with van der Waals surface area (Å²) in [6.45, 7) is 0.399. The largest absolute Gasteiger partial charge is 0.354 e. The highest BCUT2D eigenvalue weighted by atomic mass is 79.9. The highest BCUT2D eigenvalue weighted by Gasteiger charge is 2.25. The maximum atomic E-state index is 11.4. The van der Waals surface area contributed by atoms with E-state index in [4.69, 9.17) is 0 Å². The lowest BCUT2D eigenvalue weighted by Gasteiger charge is -2.02. The summed E-state index contributed by atoms with van der Waals surface area (Å²) >= 11 is 3.18. The third-order valence-electron chi connectivity index (χ3n) is 1.76. The monoisotopic (exact) mass is 276 g/mol. The molecule has 0 aromatic carbocycles. The van der Waals surface area contributed by atoms with Crippen molar-refractivity contribution in [1.82, 2.24) is 15.1 Å². The molecule has 7 nitrogen and oxygen atoms in total. The topological polar surface area (TPSA) is 90.1 Å². The van der Waals surface area contributed by atoms with E-state index in [1.807, 2.05) is 0 Å². The first-order valence-corrected chi connectivity index (χ1v) is 5.22. The molecular formula is C7H9BrN4O3. The predicted molar refractivity (Wildman–Crippen MR) is 56.1 cm³/mol. The molecule has 1 aromatic heterocycles. The van der Waals surface area contributed by atoms with Crippen molar-refractivity contribution < 1.29 is 9.72 Å². The number of carbonyl (C=O) groups excluding carboxylic acids is 1. The summed E-state index contributed by atoms with van der Waals surface area (Å²) in [6.07, 6.45) is 1.08. The molecule has 1 aromatic rings. The van der Waals surface area contributed by atoms with Gasteiger partial charge >= 0.3 is 5.69 Å². The van der Waals surface area contributed by atoms with Gasteiger partial charge in [-0.25, -0.2) is 0 Å². The minimum atomic E-state index is -0.623.